The zero-order chi connectivity index (χ0) is 27.0. The highest BCUT2D eigenvalue weighted by molar-refractivity contribution is 6.43. The van der Waals surface area contributed by atoms with E-state index in [1.54, 1.807) is 6.92 Å². The summed E-state index contributed by atoms with van der Waals surface area (Å²) in [7, 11) is -1.73. The maximum atomic E-state index is 13.9. The molecule has 0 spiro atoms. The van der Waals surface area contributed by atoms with E-state index in [9.17, 15) is 24.4 Å². The topological polar surface area (TPSA) is 128 Å². The quantitative estimate of drug-likeness (QED) is 0.344. The van der Waals surface area contributed by atoms with E-state index < -0.39 is 36.6 Å². The van der Waals surface area contributed by atoms with Gasteiger partial charge < -0.3 is 30.3 Å². The van der Waals surface area contributed by atoms with Gasteiger partial charge in [-0.1, -0.05) is 81.4 Å². The standard InChI is InChI=1S/C27H36BN3O6/c1-4-23(28(35)36)29-24(32)22(17-20-11-7-5-8-12-20)31-16-15-27(19(2)3,25(31)33)30-26(34)37-18-21-13-9-6-10-14-21/h5-14,19,22-23,35-36H,4,15-18H2,1-3H3,(H,29,32)(H,30,34)/t22-,23-,27?/m0/s1. The van der Waals surface area contributed by atoms with Crippen molar-refractivity contribution in [2.24, 2.45) is 5.92 Å². The molecule has 198 valence electrons. The number of amides is 3. The molecule has 2 aromatic rings. The number of benzene rings is 2. The molecular weight excluding hydrogens is 473 g/mol. The van der Waals surface area contributed by atoms with Gasteiger partial charge in [-0.05, 0) is 29.9 Å². The first-order chi connectivity index (χ1) is 17.7. The largest absolute Gasteiger partial charge is 0.475 e. The van der Waals surface area contributed by atoms with Gasteiger partial charge in [-0.2, -0.15) is 0 Å². The van der Waals surface area contributed by atoms with Gasteiger partial charge in [-0.25, -0.2) is 4.79 Å². The summed E-state index contributed by atoms with van der Waals surface area (Å²) in [6, 6.07) is 17.7. The van der Waals surface area contributed by atoms with Gasteiger partial charge in [-0.3, -0.25) is 9.59 Å². The molecular formula is C27H36BN3O6. The molecule has 1 aliphatic heterocycles. The summed E-state index contributed by atoms with van der Waals surface area (Å²) in [5, 5.41) is 24.8. The molecule has 1 aliphatic rings. The third-order valence-corrected chi connectivity index (χ3v) is 6.99. The fourth-order valence-corrected chi connectivity index (χ4v) is 4.64. The van der Waals surface area contributed by atoms with E-state index in [0.29, 0.717) is 12.8 Å². The molecule has 0 saturated carbocycles. The Morgan fingerprint density at radius 2 is 1.65 bits per heavy atom. The lowest BCUT2D eigenvalue weighted by Crippen LogP contribution is -2.61. The summed E-state index contributed by atoms with van der Waals surface area (Å²) in [6.07, 6.45) is 0.150. The zero-order valence-corrected chi connectivity index (χ0v) is 21.6. The molecule has 0 aliphatic carbocycles. The number of nitrogens with zero attached hydrogens (tertiary/aromatic N) is 1. The molecule has 1 heterocycles. The predicted molar refractivity (Wildman–Crippen MR) is 140 cm³/mol. The lowest BCUT2D eigenvalue weighted by molar-refractivity contribution is -0.142. The van der Waals surface area contributed by atoms with Gasteiger partial charge in [0, 0.05) is 13.0 Å². The van der Waals surface area contributed by atoms with Crippen molar-refractivity contribution in [3.8, 4) is 0 Å². The van der Waals surface area contributed by atoms with Gasteiger partial charge in [0.15, 0.2) is 0 Å². The normalized spacial score (nSPS) is 18.9. The summed E-state index contributed by atoms with van der Waals surface area (Å²) in [6.45, 7) is 5.74. The van der Waals surface area contributed by atoms with Crippen LogP contribution in [0, 0.1) is 5.92 Å². The van der Waals surface area contributed by atoms with E-state index in [-0.39, 0.29) is 31.4 Å². The second-order valence-electron chi connectivity index (χ2n) is 9.70. The van der Waals surface area contributed by atoms with Crippen LogP contribution >= 0.6 is 0 Å². The van der Waals surface area contributed by atoms with Gasteiger partial charge in [0.2, 0.25) is 11.8 Å². The third kappa shape index (κ3) is 6.90. The summed E-state index contributed by atoms with van der Waals surface area (Å²) in [5.74, 6) is -1.99. The van der Waals surface area contributed by atoms with E-state index in [2.05, 4.69) is 10.6 Å². The van der Waals surface area contributed by atoms with Crippen LogP contribution in [-0.2, 0) is 27.4 Å². The molecule has 0 bridgehead atoms. The Hall–Kier alpha value is -3.37. The number of hydrogen-bond donors (Lipinski definition) is 4. The van der Waals surface area contributed by atoms with Crippen molar-refractivity contribution in [1.82, 2.24) is 15.5 Å². The number of rotatable bonds is 11. The van der Waals surface area contributed by atoms with Crippen LogP contribution in [0.2, 0.25) is 0 Å². The summed E-state index contributed by atoms with van der Waals surface area (Å²) in [5.41, 5.74) is 0.445. The Balaban J connectivity index is 1.81. The minimum absolute atomic E-state index is 0.0691. The third-order valence-electron chi connectivity index (χ3n) is 6.99. The molecule has 0 radical (unpaired) electrons. The van der Waals surface area contributed by atoms with Crippen LogP contribution < -0.4 is 10.6 Å². The average Bonchev–Trinajstić information content (AvgIpc) is 3.22. The predicted octanol–water partition coefficient (Wildman–Crippen LogP) is 2.06. The fourth-order valence-electron chi connectivity index (χ4n) is 4.64. The lowest BCUT2D eigenvalue weighted by Gasteiger charge is -2.34. The van der Waals surface area contributed by atoms with Crippen molar-refractivity contribution in [3.05, 3.63) is 71.8 Å². The molecule has 3 amide bonds. The lowest BCUT2D eigenvalue weighted by atomic mass is 9.77. The van der Waals surface area contributed by atoms with Gasteiger partial charge in [0.25, 0.3) is 0 Å². The number of carbonyl (C=O) groups excluding carboxylic acids is 3. The van der Waals surface area contributed by atoms with Crippen molar-refractivity contribution >= 4 is 25.0 Å². The molecule has 1 unspecified atom stereocenters. The average molecular weight is 509 g/mol. The van der Waals surface area contributed by atoms with Crippen molar-refractivity contribution < 1.29 is 29.2 Å². The Kier molecular flexibility index (Phi) is 9.71. The first-order valence-electron chi connectivity index (χ1n) is 12.7. The van der Waals surface area contributed by atoms with E-state index in [4.69, 9.17) is 4.74 Å². The van der Waals surface area contributed by atoms with E-state index >= 15 is 0 Å². The Labute approximate surface area is 218 Å². The molecule has 3 atom stereocenters. The number of ether oxygens (including phenoxy) is 1. The van der Waals surface area contributed by atoms with Gasteiger partial charge in [0.05, 0.1) is 5.94 Å². The first-order valence-corrected chi connectivity index (χ1v) is 12.7. The minimum atomic E-state index is -1.73. The second-order valence-corrected chi connectivity index (χ2v) is 9.70. The van der Waals surface area contributed by atoms with Crippen LogP contribution in [0.1, 0.15) is 44.7 Å². The van der Waals surface area contributed by atoms with Crippen LogP contribution in [0.4, 0.5) is 4.79 Å². The molecule has 1 saturated heterocycles. The summed E-state index contributed by atoms with van der Waals surface area (Å²) < 4.78 is 5.39. The van der Waals surface area contributed by atoms with Crippen LogP contribution in [0.25, 0.3) is 0 Å². The maximum Gasteiger partial charge on any atom is 0.475 e. The fraction of sp³-hybridized carbons (Fsp3) is 0.444. The Morgan fingerprint density at radius 3 is 2.19 bits per heavy atom. The molecule has 3 rings (SSSR count). The number of likely N-dealkylation sites (tertiary alicyclic amines) is 1. The van der Waals surface area contributed by atoms with Crippen LogP contribution in [0.3, 0.4) is 0 Å². The van der Waals surface area contributed by atoms with Gasteiger partial charge in [-0.15, -0.1) is 0 Å². The summed E-state index contributed by atoms with van der Waals surface area (Å²) >= 11 is 0. The molecule has 4 N–H and O–H groups in total. The van der Waals surface area contributed by atoms with Crippen LogP contribution in [0.15, 0.2) is 60.7 Å². The van der Waals surface area contributed by atoms with E-state index in [1.807, 2.05) is 74.5 Å². The van der Waals surface area contributed by atoms with E-state index in [0.717, 1.165) is 11.1 Å². The zero-order valence-electron chi connectivity index (χ0n) is 21.6. The van der Waals surface area contributed by atoms with Crippen LogP contribution in [0.5, 0.6) is 0 Å². The molecule has 2 aromatic carbocycles. The van der Waals surface area contributed by atoms with Gasteiger partial charge >= 0.3 is 13.2 Å². The first kappa shape index (κ1) is 28.2. The molecule has 10 heteroatoms. The molecule has 9 nitrogen and oxygen atoms in total. The van der Waals surface area contributed by atoms with Crippen molar-refractivity contribution in [2.75, 3.05) is 6.54 Å². The highest BCUT2D eigenvalue weighted by Gasteiger charge is 2.53. The van der Waals surface area contributed by atoms with Crippen LogP contribution in [-0.4, -0.2) is 64.0 Å². The van der Waals surface area contributed by atoms with Gasteiger partial charge in [0.1, 0.15) is 18.2 Å². The Morgan fingerprint density at radius 1 is 1.05 bits per heavy atom. The maximum absolute atomic E-state index is 13.9. The smallest absolute Gasteiger partial charge is 0.445 e. The highest BCUT2D eigenvalue weighted by atomic mass is 16.5. The number of nitrogens with one attached hydrogen (secondary N) is 2. The van der Waals surface area contributed by atoms with E-state index in [1.165, 1.54) is 4.90 Å². The second kappa shape index (κ2) is 12.7. The monoisotopic (exact) mass is 509 g/mol. The number of carbonyl (C=O) groups is 3. The SMILES string of the molecule is CC[C@H](NC(=O)[C@H](Cc1ccccc1)N1CCC(NC(=O)OCc2ccccc2)(C(C)C)C1=O)B(O)O. The van der Waals surface area contributed by atoms with Crippen molar-refractivity contribution in [1.29, 1.82) is 0 Å². The van der Waals surface area contributed by atoms with Crippen molar-refractivity contribution in [2.45, 2.75) is 64.2 Å². The molecule has 0 aromatic heterocycles. The minimum Gasteiger partial charge on any atom is -0.445 e. The number of alkyl carbamates (subject to hydrolysis) is 1. The summed E-state index contributed by atoms with van der Waals surface area (Å²) in [4.78, 5) is 41.5. The molecule has 37 heavy (non-hydrogen) atoms. The molecule has 1 fully saturated rings. The number of hydrogen-bond acceptors (Lipinski definition) is 6. The Bertz CT molecular complexity index is 1050. The van der Waals surface area contributed by atoms with Crippen molar-refractivity contribution in [3.63, 3.8) is 0 Å². The highest BCUT2D eigenvalue weighted by Crippen LogP contribution is 2.33.